The molecule has 0 radical (unpaired) electrons. The molecular formula is C23H22N2O2. The molecule has 4 heteroatoms. The summed E-state index contributed by atoms with van der Waals surface area (Å²) < 4.78 is 0. The number of hydrogen-bond donors (Lipinski definition) is 0. The van der Waals surface area contributed by atoms with Gasteiger partial charge in [0.25, 0.3) is 5.91 Å². The summed E-state index contributed by atoms with van der Waals surface area (Å²) in [5, 5.41) is 2.05. The smallest absolute Gasteiger partial charge is 0.254 e. The van der Waals surface area contributed by atoms with E-state index in [1.165, 1.54) is 0 Å². The van der Waals surface area contributed by atoms with Gasteiger partial charge in [-0.05, 0) is 22.4 Å². The van der Waals surface area contributed by atoms with Gasteiger partial charge in [-0.3, -0.25) is 9.59 Å². The van der Waals surface area contributed by atoms with E-state index >= 15 is 0 Å². The molecule has 0 aromatic heterocycles. The maximum Gasteiger partial charge on any atom is 0.254 e. The number of hydrogen-bond acceptors (Lipinski definition) is 2. The molecule has 3 aromatic rings. The fourth-order valence-corrected chi connectivity index (χ4v) is 3.62. The molecule has 3 aromatic carbocycles. The molecule has 2 amide bonds. The lowest BCUT2D eigenvalue weighted by atomic mass is 10.0. The Morgan fingerprint density at radius 3 is 2.11 bits per heavy atom. The van der Waals surface area contributed by atoms with Crippen molar-refractivity contribution in [2.45, 2.75) is 6.42 Å². The molecule has 0 bridgehead atoms. The lowest BCUT2D eigenvalue weighted by molar-refractivity contribution is -0.131. The standard InChI is InChI=1S/C23H22N2O2/c26-22(17-18-7-2-1-3-8-18)24-13-15-25(16-14-24)23(27)21-12-6-10-19-9-4-5-11-20(19)21/h1-12H,13-17H2. The van der Waals surface area contributed by atoms with Crippen LogP contribution >= 0.6 is 0 Å². The van der Waals surface area contributed by atoms with Gasteiger partial charge in [0, 0.05) is 31.7 Å². The van der Waals surface area contributed by atoms with Crippen molar-refractivity contribution in [1.29, 1.82) is 0 Å². The predicted molar refractivity (Wildman–Crippen MR) is 107 cm³/mol. The first-order chi connectivity index (χ1) is 13.2. The van der Waals surface area contributed by atoms with E-state index in [-0.39, 0.29) is 11.8 Å². The number of carbonyl (C=O) groups is 2. The number of piperazine rings is 1. The molecule has 4 nitrogen and oxygen atoms in total. The van der Waals surface area contributed by atoms with Crippen LogP contribution in [-0.4, -0.2) is 47.8 Å². The van der Waals surface area contributed by atoms with Gasteiger partial charge >= 0.3 is 0 Å². The van der Waals surface area contributed by atoms with Crippen molar-refractivity contribution in [1.82, 2.24) is 9.80 Å². The topological polar surface area (TPSA) is 40.6 Å². The minimum Gasteiger partial charge on any atom is -0.339 e. The minimum atomic E-state index is 0.0435. The maximum atomic E-state index is 13.0. The first-order valence-corrected chi connectivity index (χ1v) is 9.31. The highest BCUT2D eigenvalue weighted by Crippen LogP contribution is 2.20. The molecule has 0 spiro atoms. The van der Waals surface area contributed by atoms with Gasteiger partial charge in [0.15, 0.2) is 0 Å². The van der Waals surface area contributed by atoms with E-state index in [1.807, 2.05) is 82.6 Å². The molecular weight excluding hydrogens is 336 g/mol. The fraction of sp³-hybridized carbons (Fsp3) is 0.217. The maximum absolute atomic E-state index is 13.0. The Labute approximate surface area is 159 Å². The zero-order chi connectivity index (χ0) is 18.6. The van der Waals surface area contributed by atoms with Crippen molar-refractivity contribution in [2.75, 3.05) is 26.2 Å². The molecule has 27 heavy (non-hydrogen) atoms. The molecule has 4 rings (SSSR count). The Morgan fingerprint density at radius 2 is 1.33 bits per heavy atom. The average Bonchev–Trinajstić information content (AvgIpc) is 2.73. The summed E-state index contributed by atoms with van der Waals surface area (Å²) in [7, 11) is 0. The summed E-state index contributed by atoms with van der Waals surface area (Å²) in [6.45, 7) is 2.31. The zero-order valence-corrected chi connectivity index (χ0v) is 15.2. The van der Waals surface area contributed by atoms with Gasteiger partial charge in [0.2, 0.25) is 5.91 Å². The molecule has 0 N–H and O–H groups in total. The third-order valence-corrected chi connectivity index (χ3v) is 5.14. The summed E-state index contributed by atoms with van der Waals surface area (Å²) in [6, 6.07) is 23.6. The number of carbonyl (C=O) groups excluding carboxylic acids is 2. The molecule has 1 aliphatic rings. The van der Waals surface area contributed by atoms with Crippen LogP contribution in [0.15, 0.2) is 72.8 Å². The number of amides is 2. The van der Waals surface area contributed by atoms with E-state index in [2.05, 4.69) is 0 Å². The molecule has 0 aliphatic carbocycles. The summed E-state index contributed by atoms with van der Waals surface area (Å²) >= 11 is 0. The van der Waals surface area contributed by atoms with Gasteiger partial charge in [0.1, 0.15) is 0 Å². The molecule has 1 heterocycles. The normalized spacial score (nSPS) is 14.4. The molecule has 1 saturated heterocycles. The second-order valence-electron chi connectivity index (χ2n) is 6.86. The van der Waals surface area contributed by atoms with E-state index in [1.54, 1.807) is 0 Å². The summed E-state index contributed by atoms with van der Waals surface area (Å²) in [6.07, 6.45) is 0.415. The predicted octanol–water partition coefficient (Wildman–Crippen LogP) is 3.37. The number of fused-ring (bicyclic) bond motifs is 1. The van der Waals surface area contributed by atoms with Crippen molar-refractivity contribution in [3.05, 3.63) is 83.9 Å². The van der Waals surface area contributed by atoms with E-state index < -0.39 is 0 Å². The van der Waals surface area contributed by atoms with Crippen molar-refractivity contribution < 1.29 is 9.59 Å². The number of rotatable bonds is 3. The van der Waals surface area contributed by atoms with Crippen LogP contribution in [0.25, 0.3) is 10.8 Å². The molecule has 136 valence electrons. The third kappa shape index (κ3) is 3.70. The Hall–Kier alpha value is -3.14. The van der Waals surface area contributed by atoms with E-state index in [9.17, 15) is 9.59 Å². The SMILES string of the molecule is O=C(Cc1ccccc1)N1CCN(C(=O)c2cccc3ccccc23)CC1. The molecule has 1 fully saturated rings. The molecule has 0 atom stereocenters. The Bertz CT molecular complexity index is 955. The quantitative estimate of drug-likeness (QED) is 0.720. The number of benzene rings is 3. The highest BCUT2D eigenvalue weighted by Gasteiger charge is 2.25. The van der Waals surface area contributed by atoms with Crippen molar-refractivity contribution >= 4 is 22.6 Å². The first-order valence-electron chi connectivity index (χ1n) is 9.31. The number of nitrogens with zero attached hydrogens (tertiary/aromatic N) is 2. The van der Waals surface area contributed by atoms with Crippen LogP contribution in [-0.2, 0) is 11.2 Å². The highest BCUT2D eigenvalue weighted by molar-refractivity contribution is 6.07. The second kappa shape index (κ2) is 7.62. The lowest BCUT2D eigenvalue weighted by Gasteiger charge is -2.35. The van der Waals surface area contributed by atoms with E-state index in [0.29, 0.717) is 32.6 Å². The van der Waals surface area contributed by atoms with Gasteiger partial charge < -0.3 is 9.80 Å². The van der Waals surface area contributed by atoms with Crippen LogP contribution in [0.1, 0.15) is 15.9 Å². The monoisotopic (exact) mass is 358 g/mol. The molecule has 0 saturated carbocycles. The van der Waals surface area contributed by atoms with E-state index in [0.717, 1.165) is 21.9 Å². The van der Waals surface area contributed by atoms with Gasteiger partial charge in [-0.1, -0.05) is 66.7 Å². The first kappa shape index (κ1) is 17.3. The van der Waals surface area contributed by atoms with Crippen molar-refractivity contribution in [3.8, 4) is 0 Å². The van der Waals surface area contributed by atoms with Gasteiger partial charge in [-0.25, -0.2) is 0 Å². The van der Waals surface area contributed by atoms with Crippen LogP contribution < -0.4 is 0 Å². The highest BCUT2D eigenvalue weighted by atomic mass is 16.2. The molecule has 0 unspecified atom stereocenters. The van der Waals surface area contributed by atoms with E-state index in [4.69, 9.17) is 0 Å². The third-order valence-electron chi connectivity index (χ3n) is 5.14. The van der Waals surface area contributed by atoms with Crippen molar-refractivity contribution in [3.63, 3.8) is 0 Å². The van der Waals surface area contributed by atoms with Crippen LogP contribution in [0.2, 0.25) is 0 Å². The largest absolute Gasteiger partial charge is 0.339 e. The second-order valence-corrected chi connectivity index (χ2v) is 6.86. The Balaban J connectivity index is 1.41. The molecule has 1 aliphatic heterocycles. The van der Waals surface area contributed by atoms with Crippen LogP contribution in [0.5, 0.6) is 0 Å². The summed E-state index contributed by atoms with van der Waals surface area (Å²) in [5.74, 6) is 0.167. The fourth-order valence-electron chi connectivity index (χ4n) is 3.62. The van der Waals surface area contributed by atoms with Gasteiger partial charge in [0.05, 0.1) is 6.42 Å². The van der Waals surface area contributed by atoms with Crippen molar-refractivity contribution in [2.24, 2.45) is 0 Å². The average molecular weight is 358 g/mol. The minimum absolute atomic E-state index is 0.0435. The summed E-state index contributed by atoms with van der Waals surface area (Å²) in [4.78, 5) is 29.2. The van der Waals surface area contributed by atoms with Crippen LogP contribution in [0.3, 0.4) is 0 Å². The Kier molecular flexibility index (Phi) is 4.88. The Morgan fingerprint density at radius 1 is 0.704 bits per heavy atom. The van der Waals surface area contributed by atoms with Gasteiger partial charge in [-0.15, -0.1) is 0 Å². The lowest BCUT2D eigenvalue weighted by Crippen LogP contribution is -2.51. The summed E-state index contributed by atoms with van der Waals surface area (Å²) in [5.41, 5.74) is 1.76. The van der Waals surface area contributed by atoms with Crippen LogP contribution in [0.4, 0.5) is 0 Å². The zero-order valence-electron chi connectivity index (χ0n) is 15.2. The van der Waals surface area contributed by atoms with Crippen LogP contribution in [0, 0.1) is 0 Å². The van der Waals surface area contributed by atoms with Gasteiger partial charge in [-0.2, -0.15) is 0 Å².